The minimum absolute atomic E-state index is 0.615. The van der Waals surface area contributed by atoms with Gasteiger partial charge >= 0.3 is 0 Å². The van der Waals surface area contributed by atoms with E-state index in [0.29, 0.717) is 6.73 Å². The molecule has 2 heterocycles. The molecule has 0 radical (unpaired) electrons. The Kier molecular flexibility index (Phi) is 8.47. The molecule has 0 saturated heterocycles. The Balaban J connectivity index is 1.29. The molecule has 27 heavy (non-hydrogen) atoms. The van der Waals surface area contributed by atoms with Crippen LogP contribution in [0.2, 0.25) is 0 Å². The molecule has 3 rings (SSSR count). The van der Waals surface area contributed by atoms with Crippen molar-refractivity contribution in [2.24, 2.45) is 4.99 Å². The molecule has 2 aliphatic heterocycles. The van der Waals surface area contributed by atoms with E-state index in [2.05, 4.69) is 41.0 Å². The van der Waals surface area contributed by atoms with Crippen molar-refractivity contribution in [2.75, 3.05) is 36.2 Å². The zero-order chi connectivity index (χ0) is 18.7. The zero-order valence-electron chi connectivity index (χ0n) is 17.2. The number of aliphatic imine (C=N–C) groups is 1. The molecule has 0 fully saturated rings. The van der Waals surface area contributed by atoms with Gasteiger partial charge in [-0.25, -0.2) is 0 Å². The summed E-state index contributed by atoms with van der Waals surface area (Å²) in [6, 6.07) is 8.59. The second kappa shape index (κ2) is 11.3. The van der Waals surface area contributed by atoms with E-state index in [9.17, 15) is 0 Å². The predicted octanol–water partition coefficient (Wildman–Crippen LogP) is 5.97. The molecular weight excluding hydrogens is 334 g/mol. The molecule has 4 heteroatoms. The fourth-order valence-corrected chi connectivity index (χ4v) is 4.06. The van der Waals surface area contributed by atoms with Gasteiger partial charge in [0.05, 0.1) is 11.4 Å². The first kappa shape index (κ1) is 20.2. The van der Waals surface area contributed by atoms with Gasteiger partial charge in [-0.2, -0.15) is 0 Å². The Morgan fingerprint density at radius 1 is 0.889 bits per heavy atom. The van der Waals surface area contributed by atoms with Crippen LogP contribution in [0.3, 0.4) is 0 Å². The van der Waals surface area contributed by atoms with E-state index in [4.69, 9.17) is 9.73 Å². The smallest absolute Gasteiger partial charge is 0.207 e. The summed E-state index contributed by atoms with van der Waals surface area (Å²) in [5.74, 6) is 1.07. The lowest BCUT2D eigenvalue weighted by Gasteiger charge is -2.26. The molecule has 0 N–H and O–H groups in total. The Labute approximate surface area is 165 Å². The van der Waals surface area contributed by atoms with Gasteiger partial charge in [0.25, 0.3) is 0 Å². The number of unbranched alkanes of at least 4 members (excludes halogenated alkanes) is 9. The average Bonchev–Trinajstić information content (AvgIpc) is 3.03. The number of rotatable bonds is 13. The fourth-order valence-electron chi connectivity index (χ4n) is 4.06. The quantitative estimate of drug-likeness (QED) is 0.400. The highest BCUT2D eigenvalue weighted by Crippen LogP contribution is 2.37. The van der Waals surface area contributed by atoms with E-state index >= 15 is 0 Å². The van der Waals surface area contributed by atoms with E-state index < -0.39 is 0 Å². The van der Waals surface area contributed by atoms with Crippen LogP contribution in [0.25, 0.3) is 0 Å². The zero-order valence-corrected chi connectivity index (χ0v) is 17.2. The van der Waals surface area contributed by atoms with Crippen LogP contribution in [-0.2, 0) is 4.74 Å². The maximum absolute atomic E-state index is 6.01. The lowest BCUT2D eigenvalue weighted by atomic mass is 10.1. The molecule has 1 aromatic carbocycles. The number of ether oxygens (including phenoxy) is 1. The van der Waals surface area contributed by atoms with Crippen LogP contribution in [-0.4, -0.2) is 32.4 Å². The van der Waals surface area contributed by atoms with Gasteiger partial charge in [-0.3, -0.25) is 9.89 Å². The highest BCUT2D eigenvalue weighted by atomic mass is 16.5. The lowest BCUT2D eigenvalue weighted by Crippen LogP contribution is -2.42. The number of anilines is 2. The summed E-state index contributed by atoms with van der Waals surface area (Å²) in [5, 5.41) is 0. The molecule has 0 atom stereocenters. The van der Waals surface area contributed by atoms with E-state index in [1.807, 2.05) is 0 Å². The molecule has 4 nitrogen and oxygen atoms in total. The van der Waals surface area contributed by atoms with E-state index in [0.717, 1.165) is 32.1 Å². The Bertz CT molecular complexity index is 587. The van der Waals surface area contributed by atoms with Gasteiger partial charge in [-0.15, -0.1) is 0 Å². The number of hydrogen-bond acceptors (Lipinski definition) is 4. The molecule has 0 amide bonds. The molecule has 0 aliphatic carbocycles. The first-order chi connectivity index (χ1) is 13.4. The second-order valence-electron chi connectivity index (χ2n) is 7.82. The van der Waals surface area contributed by atoms with Crippen molar-refractivity contribution in [3.63, 3.8) is 0 Å². The van der Waals surface area contributed by atoms with E-state index in [1.54, 1.807) is 0 Å². The number of benzene rings is 1. The topological polar surface area (TPSA) is 28.1 Å². The van der Waals surface area contributed by atoms with E-state index in [1.165, 1.54) is 75.6 Å². The predicted molar refractivity (Wildman–Crippen MR) is 116 cm³/mol. The number of fused-ring (bicyclic) bond motifs is 3. The van der Waals surface area contributed by atoms with Crippen molar-refractivity contribution in [1.29, 1.82) is 0 Å². The summed E-state index contributed by atoms with van der Waals surface area (Å²) in [6.45, 7) is 5.73. The molecule has 0 aromatic heterocycles. The summed E-state index contributed by atoms with van der Waals surface area (Å²) in [4.78, 5) is 9.33. The van der Waals surface area contributed by atoms with Crippen LogP contribution in [0, 0.1) is 0 Å². The Morgan fingerprint density at radius 3 is 2.30 bits per heavy atom. The van der Waals surface area contributed by atoms with Crippen molar-refractivity contribution >= 4 is 17.3 Å². The van der Waals surface area contributed by atoms with Crippen LogP contribution in [0.1, 0.15) is 77.6 Å². The van der Waals surface area contributed by atoms with Gasteiger partial charge < -0.3 is 9.64 Å². The second-order valence-corrected chi connectivity index (χ2v) is 7.82. The van der Waals surface area contributed by atoms with Crippen LogP contribution in [0.15, 0.2) is 29.3 Å². The van der Waals surface area contributed by atoms with Gasteiger partial charge in [0.1, 0.15) is 6.73 Å². The number of para-hydroxylation sites is 2. The molecule has 0 bridgehead atoms. The van der Waals surface area contributed by atoms with Gasteiger partial charge in [-0.1, -0.05) is 76.8 Å². The van der Waals surface area contributed by atoms with Crippen LogP contribution in [0.5, 0.6) is 0 Å². The van der Waals surface area contributed by atoms with Crippen LogP contribution in [0.4, 0.5) is 11.4 Å². The van der Waals surface area contributed by atoms with Gasteiger partial charge in [-0.05, 0) is 25.0 Å². The maximum Gasteiger partial charge on any atom is 0.207 e. The number of guanidine groups is 1. The number of nitrogens with zero attached hydrogens (tertiary/aromatic N) is 3. The SMILES string of the molecule is CCCCCCCCCCCCOCN1C2=NCCCN2c2ccccc21. The highest BCUT2D eigenvalue weighted by Gasteiger charge is 2.33. The minimum atomic E-state index is 0.615. The van der Waals surface area contributed by atoms with Crippen molar-refractivity contribution in [3.05, 3.63) is 24.3 Å². The van der Waals surface area contributed by atoms with Crippen molar-refractivity contribution in [2.45, 2.75) is 77.6 Å². The van der Waals surface area contributed by atoms with Crippen molar-refractivity contribution in [3.8, 4) is 0 Å². The molecule has 0 spiro atoms. The average molecular weight is 372 g/mol. The molecule has 0 unspecified atom stereocenters. The monoisotopic (exact) mass is 371 g/mol. The normalized spacial score (nSPS) is 15.7. The maximum atomic E-state index is 6.01. The third-order valence-corrected chi connectivity index (χ3v) is 5.60. The van der Waals surface area contributed by atoms with Gasteiger partial charge in [0.15, 0.2) is 0 Å². The first-order valence-corrected chi connectivity index (χ1v) is 11.2. The largest absolute Gasteiger partial charge is 0.361 e. The summed E-state index contributed by atoms with van der Waals surface area (Å²) in [6.07, 6.45) is 14.8. The van der Waals surface area contributed by atoms with Crippen molar-refractivity contribution < 1.29 is 4.74 Å². The molecular formula is C23H37N3O. The third-order valence-electron chi connectivity index (χ3n) is 5.60. The summed E-state index contributed by atoms with van der Waals surface area (Å²) < 4.78 is 6.01. The first-order valence-electron chi connectivity index (χ1n) is 11.2. The molecule has 0 saturated carbocycles. The molecule has 150 valence electrons. The fraction of sp³-hybridized carbons (Fsp3) is 0.696. The van der Waals surface area contributed by atoms with E-state index in [-0.39, 0.29) is 0 Å². The molecule has 1 aromatic rings. The standard InChI is InChI=1S/C23H37N3O/c1-2-3-4-5-6-7-8-9-10-13-19-27-20-26-22-16-12-11-15-21(22)25-18-14-17-24-23(25)26/h11-12,15-16H,2-10,13-14,17-20H2,1H3. The summed E-state index contributed by atoms with van der Waals surface area (Å²) >= 11 is 0. The van der Waals surface area contributed by atoms with Crippen molar-refractivity contribution in [1.82, 2.24) is 0 Å². The summed E-state index contributed by atoms with van der Waals surface area (Å²) in [5.41, 5.74) is 2.51. The lowest BCUT2D eigenvalue weighted by molar-refractivity contribution is 0.137. The van der Waals surface area contributed by atoms with Crippen LogP contribution < -0.4 is 9.80 Å². The third kappa shape index (κ3) is 5.71. The minimum Gasteiger partial charge on any atom is -0.361 e. The summed E-state index contributed by atoms with van der Waals surface area (Å²) in [7, 11) is 0. The molecule has 2 aliphatic rings. The Hall–Kier alpha value is -1.55. The highest BCUT2D eigenvalue weighted by molar-refractivity contribution is 6.16. The van der Waals surface area contributed by atoms with Gasteiger partial charge in [0.2, 0.25) is 5.96 Å². The van der Waals surface area contributed by atoms with Gasteiger partial charge in [0, 0.05) is 19.7 Å². The number of hydrogen-bond donors (Lipinski definition) is 0. The Morgan fingerprint density at radius 2 is 1.56 bits per heavy atom. The van der Waals surface area contributed by atoms with Crippen LogP contribution >= 0.6 is 0 Å².